The lowest BCUT2D eigenvalue weighted by atomic mass is 10.00. The molecule has 0 saturated carbocycles. The van der Waals surface area contributed by atoms with Crippen molar-refractivity contribution in [3.63, 3.8) is 0 Å². The van der Waals surface area contributed by atoms with Gasteiger partial charge in [-0.2, -0.15) is 0 Å². The second-order valence-corrected chi connectivity index (χ2v) is 6.58. The van der Waals surface area contributed by atoms with E-state index in [4.69, 9.17) is 5.11 Å². The lowest BCUT2D eigenvalue weighted by Crippen LogP contribution is -2.43. The molecule has 1 aliphatic heterocycles. The van der Waals surface area contributed by atoms with Crippen LogP contribution >= 0.6 is 0 Å². The molecule has 1 aromatic rings. The van der Waals surface area contributed by atoms with Crippen molar-refractivity contribution in [2.45, 2.75) is 45.1 Å². The van der Waals surface area contributed by atoms with Gasteiger partial charge >= 0.3 is 5.97 Å². The topological polar surface area (TPSA) is 77.9 Å². The van der Waals surface area contributed by atoms with Gasteiger partial charge in [-0.3, -0.25) is 14.4 Å². The largest absolute Gasteiger partial charge is 0.480 e. The van der Waals surface area contributed by atoms with Crippen LogP contribution in [-0.2, 0) is 14.4 Å². The first-order valence-electron chi connectivity index (χ1n) is 8.73. The summed E-state index contributed by atoms with van der Waals surface area (Å²) >= 11 is 0. The van der Waals surface area contributed by atoms with E-state index in [0.717, 1.165) is 18.4 Å². The van der Waals surface area contributed by atoms with E-state index in [1.807, 2.05) is 42.2 Å². The van der Waals surface area contributed by atoms with Crippen LogP contribution in [0, 0.1) is 0 Å². The van der Waals surface area contributed by atoms with Gasteiger partial charge in [0.1, 0.15) is 6.54 Å². The highest BCUT2D eigenvalue weighted by molar-refractivity contribution is 5.83. The molecule has 1 saturated heterocycles. The van der Waals surface area contributed by atoms with E-state index < -0.39 is 5.97 Å². The number of benzene rings is 1. The maximum Gasteiger partial charge on any atom is 0.323 e. The lowest BCUT2D eigenvalue weighted by molar-refractivity contribution is -0.145. The summed E-state index contributed by atoms with van der Waals surface area (Å²) in [6, 6.07) is 9.55. The molecular weight excluding hydrogens is 320 g/mol. The summed E-state index contributed by atoms with van der Waals surface area (Å²) < 4.78 is 0. The van der Waals surface area contributed by atoms with Crippen molar-refractivity contribution in [1.29, 1.82) is 0 Å². The molecule has 136 valence electrons. The zero-order valence-corrected chi connectivity index (χ0v) is 14.9. The van der Waals surface area contributed by atoms with Gasteiger partial charge in [0.05, 0.1) is 5.92 Å². The predicted octanol–water partition coefficient (Wildman–Crippen LogP) is 2.10. The average molecular weight is 346 g/mol. The average Bonchev–Trinajstić information content (AvgIpc) is 2.84. The fourth-order valence-corrected chi connectivity index (χ4v) is 3.41. The van der Waals surface area contributed by atoms with E-state index in [-0.39, 0.29) is 30.3 Å². The van der Waals surface area contributed by atoms with Crippen LogP contribution in [0.2, 0.25) is 0 Å². The molecule has 1 aromatic carbocycles. The molecular formula is C19H26N2O4. The molecule has 0 bridgehead atoms. The predicted molar refractivity (Wildman–Crippen MR) is 94.1 cm³/mol. The summed E-state index contributed by atoms with van der Waals surface area (Å²) in [4.78, 5) is 38.8. The Bertz CT molecular complexity index is 617. The smallest absolute Gasteiger partial charge is 0.323 e. The van der Waals surface area contributed by atoms with E-state index in [9.17, 15) is 14.4 Å². The summed E-state index contributed by atoms with van der Waals surface area (Å²) in [7, 11) is 0. The first-order valence-corrected chi connectivity index (χ1v) is 8.73. The van der Waals surface area contributed by atoms with Crippen molar-refractivity contribution in [2.24, 2.45) is 0 Å². The van der Waals surface area contributed by atoms with Gasteiger partial charge < -0.3 is 14.9 Å². The summed E-state index contributed by atoms with van der Waals surface area (Å²) in [6.45, 7) is 4.21. The highest BCUT2D eigenvalue weighted by Gasteiger charge is 2.29. The quantitative estimate of drug-likeness (QED) is 0.886. The van der Waals surface area contributed by atoms with E-state index in [0.29, 0.717) is 19.5 Å². The molecule has 0 spiro atoms. The number of carbonyl (C=O) groups is 3. The lowest BCUT2D eigenvalue weighted by Gasteiger charge is -2.29. The van der Waals surface area contributed by atoms with Crippen LogP contribution in [0.15, 0.2) is 30.3 Å². The number of carbonyl (C=O) groups excluding carboxylic acids is 2. The second kappa shape index (κ2) is 8.65. The zero-order valence-electron chi connectivity index (χ0n) is 14.9. The summed E-state index contributed by atoms with van der Waals surface area (Å²) in [6.07, 6.45) is 2.10. The standard InChI is InChI=1S/C19H26N2O4/c1-14(16-7-4-3-5-8-16)19(25)20-11-6-9-17(10-12-20)21(15(2)22)13-18(23)24/h3-5,7-8,14,17H,6,9-13H2,1-2H3,(H,23,24)/t14-,17?/m0/s1. The SMILES string of the molecule is CC(=O)N(CC(=O)O)C1CCCN(C(=O)[C@@H](C)c2ccccc2)CC1. The van der Waals surface area contributed by atoms with Gasteiger partial charge in [-0.1, -0.05) is 30.3 Å². The van der Waals surface area contributed by atoms with Gasteiger partial charge in [-0.25, -0.2) is 0 Å². The Hall–Kier alpha value is -2.37. The van der Waals surface area contributed by atoms with E-state index in [1.54, 1.807) is 0 Å². The molecule has 0 radical (unpaired) electrons. The second-order valence-electron chi connectivity index (χ2n) is 6.58. The molecule has 0 aliphatic carbocycles. The third kappa shape index (κ3) is 5.05. The number of carboxylic acids is 1. The van der Waals surface area contributed by atoms with Crippen LogP contribution in [0.25, 0.3) is 0 Å². The minimum Gasteiger partial charge on any atom is -0.480 e. The van der Waals surface area contributed by atoms with E-state index in [2.05, 4.69) is 0 Å². The van der Waals surface area contributed by atoms with Gasteiger partial charge in [0.25, 0.3) is 0 Å². The number of rotatable bonds is 5. The Kier molecular flexibility index (Phi) is 6.56. The van der Waals surface area contributed by atoms with Crippen molar-refractivity contribution < 1.29 is 19.5 Å². The number of aliphatic carboxylic acids is 1. The molecule has 25 heavy (non-hydrogen) atoms. The van der Waals surface area contributed by atoms with Crippen molar-refractivity contribution in [2.75, 3.05) is 19.6 Å². The van der Waals surface area contributed by atoms with Gasteiger partial charge in [0, 0.05) is 26.1 Å². The van der Waals surface area contributed by atoms with Gasteiger partial charge in [-0.15, -0.1) is 0 Å². The fourth-order valence-electron chi connectivity index (χ4n) is 3.41. The molecule has 0 aromatic heterocycles. The Morgan fingerprint density at radius 3 is 2.48 bits per heavy atom. The molecule has 1 fully saturated rings. The Morgan fingerprint density at radius 2 is 1.88 bits per heavy atom. The van der Waals surface area contributed by atoms with Crippen molar-refractivity contribution >= 4 is 17.8 Å². The minimum absolute atomic E-state index is 0.0828. The van der Waals surface area contributed by atoms with Crippen LogP contribution in [0.4, 0.5) is 0 Å². The maximum absolute atomic E-state index is 12.8. The number of hydrogen-bond donors (Lipinski definition) is 1. The third-order valence-corrected chi connectivity index (χ3v) is 4.83. The molecule has 1 N–H and O–H groups in total. The van der Waals surface area contributed by atoms with Crippen LogP contribution in [0.3, 0.4) is 0 Å². The number of amides is 2. The summed E-state index contributed by atoms with van der Waals surface area (Å²) in [5.74, 6) is -1.37. The maximum atomic E-state index is 12.8. The van der Waals surface area contributed by atoms with Crippen LogP contribution in [-0.4, -0.2) is 58.4 Å². The first kappa shape index (κ1) is 19.0. The summed E-state index contributed by atoms with van der Waals surface area (Å²) in [5, 5.41) is 9.01. The minimum atomic E-state index is -1.01. The molecule has 1 unspecified atom stereocenters. The van der Waals surface area contributed by atoms with Gasteiger partial charge in [0.2, 0.25) is 11.8 Å². The molecule has 2 amide bonds. The number of hydrogen-bond acceptors (Lipinski definition) is 3. The number of nitrogens with zero attached hydrogens (tertiary/aromatic N) is 2. The van der Waals surface area contributed by atoms with Gasteiger partial charge in [0.15, 0.2) is 0 Å². The molecule has 1 aliphatic rings. The number of carboxylic acid groups (broad SMARTS) is 1. The molecule has 2 rings (SSSR count). The monoisotopic (exact) mass is 346 g/mol. The van der Waals surface area contributed by atoms with E-state index >= 15 is 0 Å². The number of likely N-dealkylation sites (tertiary alicyclic amines) is 1. The Balaban J connectivity index is 2.01. The van der Waals surface area contributed by atoms with Crippen LogP contribution < -0.4 is 0 Å². The Labute approximate surface area is 148 Å². The van der Waals surface area contributed by atoms with Crippen molar-refractivity contribution in [1.82, 2.24) is 9.80 Å². The van der Waals surface area contributed by atoms with Gasteiger partial charge in [-0.05, 0) is 31.7 Å². The molecule has 6 heteroatoms. The fraction of sp³-hybridized carbons (Fsp3) is 0.526. The highest BCUT2D eigenvalue weighted by atomic mass is 16.4. The van der Waals surface area contributed by atoms with Crippen molar-refractivity contribution in [3.8, 4) is 0 Å². The van der Waals surface area contributed by atoms with Crippen molar-refractivity contribution in [3.05, 3.63) is 35.9 Å². The molecule has 2 atom stereocenters. The van der Waals surface area contributed by atoms with E-state index in [1.165, 1.54) is 11.8 Å². The normalized spacial score (nSPS) is 19.0. The third-order valence-electron chi connectivity index (χ3n) is 4.83. The summed E-state index contributed by atoms with van der Waals surface area (Å²) in [5.41, 5.74) is 0.990. The highest BCUT2D eigenvalue weighted by Crippen LogP contribution is 2.22. The van der Waals surface area contributed by atoms with Crippen LogP contribution in [0.5, 0.6) is 0 Å². The molecule has 6 nitrogen and oxygen atoms in total. The molecule has 1 heterocycles. The Morgan fingerprint density at radius 1 is 1.20 bits per heavy atom. The van der Waals surface area contributed by atoms with Crippen LogP contribution in [0.1, 0.15) is 44.6 Å². The first-order chi connectivity index (χ1) is 11.9. The zero-order chi connectivity index (χ0) is 18.4.